The number of amides is 1. The first-order valence-electron chi connectivity index (χ1n) is 24.3. The molecule has 0 atom stereocenters. The maximum absolute atomic E-state index is 12.9. The van der Waals surface area contributed by atoms with Gasteiger partial charge in [-0.1, -0.05) is 192 Å². The number of unbranched alkanes of at least 4 members (excludes halogenated alkanes) is 27. The van der Waals surface area contributed by atoms with Gasteiger partial charge in [-0.05, 0) is 36.5 Å². The van der Waals surface area contributed by atoms with Crippen LogP contribution in [0.25, 0.3) is 11.2 Å². The van der Waals surface area contributed by atoms with Gasteiger partial charge in [0.15, 0.2) is 5.65 Å². The van der Waals surface area contributed by atoms with Crippen LogP contribution in [0.2, 0.25) is 0 Å². The number of nitrogen functional groups attached to an aromatic ring is 1. The predicted molar refractivity (Wildman–Crippen MR) is 252 cm³/mol. The molecular weight excluding hydrogens is 793 g/mol. The third-order valence-electron chi connectivity index (χ3n) is 11.0. The predicted octanol–water partition coefficient (Wildman–Crippen LogP) is 13.2. The van der Waals surface area contributed by atoms with E-state index >= 15 is 0 Å². The third-order valence-corrected chi connectivity index (χ3v) is 13.4. The van der Waals surface area contributed by atoms with Crippen LogP contribution in [0.5, 0.6) is 0 Å². The lowest BCUT2D eigenvalue weighted by Crippen LogP contribution is -2.42. The fourth-order valence-corrected chi connectivity index (χ4v) is 9.50. The van der Waals surface area contributed by atoms with Crippen LogP contribution in [0.4, 0.5) is 5.95 Å². The Balaban J connectivity index is 1.58. The maximum Gasteiger partial charge on any atom is 0.305 e. The van der Waals surface area contributed by atoms with E-state index < -0.39 is 6.04 Å². The third kappa shape index (κ3) is 29.7. The van der Waals surface area contributed by atoms with E-state index in [4.69, 9.17) is 15.2 Å². The number of fused-ring (bicyclic) bond motifs is 1. The van der Waals surface area contributed by atoms with Crippen molar-refractivity contribution >= 4 is 56.5 Å². The van der Waals surface area contributed by atoms with E-state index in [1.165, 1.54) is 122 Å². The van der Waals surface area contributed by atoms with Gasteiger partial charge in [0.2, 0.25) is 11.9 Å². The topological polar surface area (TPSA) is 162 Å². The second kappa shape index (κ2) is 38.2. The second-order valence-electron chi connectivity index (χ2n) is 16.7. The average Bonchev–Trinajstić information content (AvgIpc) is 3.72. The van der Waals surface area contributed by atoms with E-state index in [0.29, 0.717) is 24.9 Å². The number of hydrogen-bond acceptors (Lipinski definition) is 11. The Bertz CT molecular complexity index is 1320. The molecule has 13 heteroatoms. The van der Waals surface area contributed by atoms with Gasteiger partial charge in [0.25, 0.3) is 0 Å². The van der Waals surface area contributed by atoms with Crippen molar-refractivity contribution in [3.05, 3.63) is 6.33 Å². The van der Waals surface area contributed by atoms with Crippen LogP contribution in [-0.4, -0.2) is 62.8 Å². The molecule has 0 aliphatic rings. The lowest BCUT2D eigenvalue weighted by atomic mass is 10.1. The number of esters is 2. The Kier molecular flexibility index (Phi) is 34.1. The standard InChI is InChI=1S/C47H84N6O5S2/c1-3-5-7-9-11-13-15-17-22-26-30-34-42(55)57-37-40(38-58-43(56)35-31-27-23-18-16-14-12-10-8-6-4-2)51-41(54)33-29-25-21-19-20-24-28-32-36-59-60-46-44-45(50-39-49-44)52-47(48)53-46/h39-40H,3-38H2,1-2H3,(H,51,54)(H3,48,49,50,52,53). The molecule has 1 amide bonds. The van der Waals surface area contributed by atoms with E-state index in [1.54, 1.807) is 27.9 Å². The van der Waals surface area contributed by atoms with Crippen molar-refractivity contribution in [2.45, 2.75) is 237 Å². The molecule has 4 N–H and O–H groups in total. The number of imidazole rings is 1. The summed E-state index contributed by atoms with van der Waals surface area (Å²) in [5, 5.41) is 3.82. The van der Waals surface area contributed by atoms with Crippen molar-refractivity contribution in [2.24, 2.45) is 0 Å². The lowest BCUT2D eigenvalue weighted by Gasteiger charge is -2.19. The Labute approximate surface area is 372 Å². The van der Waals surface area contributed by atoms with Gasteiger partial charge in [-0.2, -0.15) is 4.98 Å². The Morgan fingerprint density at radius 1 is 0.600 bits per heavy atom. The van der Waals surface area contributed by atoms with Crippen LogP contribution in [0.3, 0.4) is 0 Å². The molecule has 60 heavy (non-hydrogen) atoms. The number of aromatic amines is 1. The number of anilines is 1. The summed E-state index contributed by atoms with van der Waals surface area (Å²) in [5.74, 6) is 0.694. The Hall–Kier alpha value is -2.54. The molecule has 0 unspecified atom stereocenters. The fraction of sp³-hybridized carbons (Fsp3) is 0.830. The van der Waals surface area contributed by atoms with Crippen LogP contribution in [0.15, 0.2) is 11.4 Å². The molecule has 0 spiro atoms. The van der Waals surface area contributed by atoms with Gasteiger partial charge >= 0.3 is 11.9 Å². The molecule has 0 bridgehead atoms. The molecule has 344 valence electrons. The minimum atomic E-state index is -0.540. The number of carbonyl (C=O) groups is 3. The molecule has 0 saturated heterocycles. The smallest absolute Gasteiger partial charge is 0.305 e. The summed E-state index contributed by atoms with van der Waals surface area (Å²) in [7, 11) is 3.39. The zero-order valence-electron chi connectivity index (χ0n) is 37.9. The summed E-state index contributed by atoms with van der Waals surface area (Å²) in [6.45, 7) is 4.55. The van der Waals surface area contributed by atoms with E-state index in [9.17, 15) is 14.4 Å². The number of nitrogens with zero attached hydrogens (tertiary/aromatic N) is 3. The van der Waals surface area contributed by atoms with Crippen molar-refractivity contribution in [2.75, 3.05) is 24.7 Å². The molecule has 0 radical (unpaired) electrons. The molecule has 2 rings (SSSR count). The number of ether oxygens (including phenoxy) is 2. The summed E-state index contributed by atoms with van der Waals surface area (Å²) >= 11 is 0. The first-order valence-corrected chi connectivity index (χ1v) is 26.6. The van der Waals surface area contributed by atoms with Crippen LogP contribution in [0.1, 0.15) is 226 Å². The highest BCUT2D eigenvalue weighted by Gasteiger charge is 2.18. The van der Waals surface area contributed by atoms with Gasteiger partial charge in [-0.15, -0.1) is 0 Å². The molecule has 11 nitrogen and oxygen atoms in total. The SMILES string of the molecule is CCCCCCCCCCCCCC(=O)OCC(COC(=O)CCCCCCCCCCCCC)NC(=O)CCCCCCCCCCSSc1nc(N)nc2nc[nH]c12. The molecule has 0 saturated carbocycles. The Morgan fingerprint density at radius 3 is 1.48 bits per heavy atom. The van der Waals surface area contributed by atoms with Gasteiger partial charge in [0.1, 0.15) is 23.8 Å². The molecule has 2 heterocycles. The van der Waals surface area contributed by atoms with Crippen LogP contribution < -0.4 is 11.1 Å². The molecule has 0 aromatic carbocycles. The highest BCUT2D eigenvalue weighted by Crippen LogP contribution is 2.34. The van der Waals surface area contributed by atoms with E-state index in [1.807, 2.05) is 0 Å². The summed E-state index contributed by atoms with van der Waals surface area (Å²) in [5.41, 5.74) is 7.24. The average molecular weight is 877 g/mol. The number of nitrogens with one attached hydrogen (secondary N) is 2. The number of aromatic nitrogens is 4. The van der Waals surface area contributed by atoms with E-state index in [2.05, 4.69) is 39.1 Å². The summed E-state index contributed by atoms with van der Waals surface area (Å²) in [6.07, 6.45) is 38.5. The van der Waals surface area contributed by atoms with Crippen LogP contribution in [-0.2, 0) is 23.9 Å². The van der Waals surface area contributed by atoms with Crippen LogP contribution in [0, 0.1) is 0 Å². The summed E-state index contributed by atoms with van der Waals surface area (Å²) in [6, 6.07) is -0.540. The minimum absolute atomic E-state index is 0.0227. The van der Waals surface area contributed by atoms with E-state index in [0.717, 1.165) is 86.9 Å². The van der Waals surface area contributed by atoms with Gasteiger partial charge in [-0.3, -0.25) is 14.4 Å². The quantitative estimate of drug-likeness (QED) is 0.0252. The number of hydrogen-bond donors (Lipinski definition) is 3. The first-order chi connectivity index (χ1) is 29.4. The van der Waals surface area contributed by atoms with Gasteiger partial charge < -0.3 is 25.5 Å². The van der Waals surface area contributed by atoms with Gasteiger partial charge in [0.05, 0.1) is 12.4 Å². The fourth-order valence-electron chi connectivity index (χ4n) is 7.32. The molecule has 0 aliphatic heterocycles. The molecule has 0 fully saturated rings. The molecular formula is C47H84N6O5S2. The van der Waals surface area contributed by atoms with E-state index in [-0.39, 0.29) is 37.0 Å². The van der Waals surface area contributed by atoms with Crippen molar-refractivity contribution in [3.8, 4) is 0 Å². The summed E-state index contributed by atoms with van der Waals surface area (Å²) < 4.78 is 11.2. The second-order valence-corrected chi connectivity index (χ2v) is 19.1. The maximum atomic E-state index is 12.9. The minimum Gasteiger partial charge on any atom is -0.463 e. The number of carbonyl (C=O) groups excluding carboxylic acids is 3. The highest BCUT2D eigenvalue weighted by molar-refractivity contribution is 8.76. The number of H-pyrrole nitrogens is 1. The highest BCUT2D eigenvalue weighted by atomic mass is 33.1. The van der Waals surface area contributed by atoms with Crippen LogP contribution >= 0.6 is 21.6 Å². The van der Waals surface area contributed by atoms with Crippen molar-refractivity contribution in [1.82, 2.24) is 25.3 Å². The van der Waals surface area contributed by atoms with Crippen molar-refractivity contribution < 1.29 is 23.9 Å². The van der Waals surface area contributed by atoms with Gasteiger partial charge in [-0.25, -0.2) is 9.97 Å². The molecule has 2 aromatic rings. The molecule has 2 aromatic heterocycles. The number of rotatable bonds is 42. The summed E-state index contributed by atoms with van der Waals surface area (Å²) in [4.78, 5) is 53.8. The normalized spacial score (nSPS) is 11.4. The zero-order valence-corrected chi connectivity index (χ0v) is 39.5. The monoisotopic (exact) mass is 877 g/mol. The first kappa shape index (κ1) is 53.6. The zero-order chi connectivity index (χ0) is 43.1. The largest absolute Gasteiger partial charge is 0.463 e. The van der Waals surface area contributed by atoms with Crippen molar-refractivity contribution in [1.29, 1.82) is 0 Å². The molecule has 0 aliphatic carbocycles. The number of nitrogens with two attached hydrogens (primary N) is 1. The Morgan fingerprint density at radius 2 is 1.02 bits per heavy atom. The van der Waals surface area contributed by atoms with Gasteiger partial charge in [0, 0.05) is 25.0 Å². The lowest BCUT2D eigenvalue weighted by molar-refractivity contribution is -0.149. The van der Waals surface area contributed by atoms with Crippen molar-refractivity contribution in [3.63, 3.8) is 0 Å².